The highest BCUT2D eigenvalue weighted by Crippen LogP contribution is 2.39. The topological polar surface area (TPSA) is 51.3 Å². The van der Waals surface area contributed by atoms with Gasteiger partial charge in [-0.05, 0) is 66.6 Å². The fourth-order valence-corrected chi connectivity index (χ4v) is 5.80. The second-order valence-electron chi connectivity index (χ2n) is 10.7. The van der Waals surface area contributed by atoms with Crippen LogP contribution in [0.2, 0.25) is 0 Å². The van der Waals surface area contributed by atoms with Crippen LogP contribution in [0.4, 0.5) is 13.2 Å². The molecule has 0 bridgehead atoms. The molecular formula is C31H26F3N3O2. The molecule has 1 saturated carbocycles. The SMILES string of the molecule is O=C(C1CC1)N1CC[C@H](Cn2c(-c3ccc(-c4ccc5occc5c4)cc3)nc3cccc(C(F)(F)F)c32)C1. The zero-order valence-electron chi connectivity index (χ0n) is 21.1. The second kappa shape index (κ2) is 9.00. The number of para-hydroxylation sites is 1. The van der Waals surface area contributed by atoms with E-state index < -0.39 is 11.7 Å². The molecule has 5 nitrogen and oxygen atoms in total. The number of aromatic nitrogens is 2. The molecule has 2 fully saturated rings. The smallest absolute Gasteiger partial charge is 0.418 e. The molecule has 2 aliphatic rings. The number of furan rings is 1. The molecule has 0 unspecified atom stereocenters. The largest absolute Gasteiger partial charge is 0.464 e. The summed E-state index contributed by atoms with van der Waals surface area (Å²) in [5, 5.41) is 1.00. The number of fused-ring (bicyclic) bond motifs is 2. The Morgan fingerprint density at radius 2 is 1.72 bits per heavy atom. The zero-order valence-corrected chi connectivity index (χ0v) is 21.1. The summed E-state index contributed by atoms with van der Waals surface area (Å²) < 4.78 is 49.5. The summed E-state index contributed by atoms with van der Waals surface area (Å²) in [5.41, 5.74) is 3.30. The van der Waals surface area contributed by atoms with Crippen molar-refractivity contribution in [1.82, 2.24) is 14.5 Å². The van der Waals surface area contributed by atoms with Crippen molar-refractivity contribution in [3.05, 3.63) is 78.6 Å². The van der Waals surface area contributed by atoms with Gasteiger partial charge in [-0.25, -0.2) is 4.98 Å². The summed E-state index contributed by atoms with van der Waals surface area (Å²) in [4.78, 5) is 19.2. The molecular weight excluding hydrogens is 503 g/mol. The lowest BCUT2D eigenvalue weighted by Gasteiger charge is -2.19. The van der Waals surface area contributed by atoms with Crippen LogP contribution in [-0.2, 0) is 17.5 Å². The molecule has 1 saturated heterocycles. The molecule has 2 aromatic heterocycles. The van der Waals surface area contributed by atoms with Crippen molar-refractivity contribution in [2.75, 3.05) is 13.1 Å². The van der Waals surface area contributed by atoms with Crippen LogP contribution in [0.5, 0.6) is 0 Å². The first kappa shape index (κ1) is 24.0. The Balaban J connectivity index is 1.27. The Labute approximate surface area is 222 Å². The number of benzene rings is 3. The number of hydrogen-bond donors (Lipinski definition) is 0. The third-order valence-corrected chi connectivity index (χ3v) is 7.97. The van der Waals surface area contributed by atoms with E-state index in [-0.39, 0.29) is 23.3 Å². The quantitative estimate of drug-likeness (QED) is 0.239. The maximum absolute atomic E-state index is 14.1. The Bertz CT molecular complexity index is 1700. The van der Waals surface area contributed by atoms with Crippen molar-refractivity contribution in [1.29, 1.82) is 0 Å². The number of likely N-dealkylation sites (tertiary alicyclic amines) is 1. The van der Waals surface area contributed by atoms with Crippen LogP contribution in [0.15, 0.2) is 77.4 Å². The van der Waals surface area contributed by atoms with E-state index in [9.17, 15) is 18.0 Å². The molecule has 1 amide bonds. The Hall–Kier alpha value is -4.07. The molecule has 0 radical (unpaired) electrons. The number of imidazole rings is 1. The summed E-state index contributed by atoms with van der Waals surface area (Å²) in [6.45, 7) is 1.59. The van der Waals surface area contributed by atoms with Crippen LogP contribution in [-0.4, -0.2) is 33.4 Å². The number of carbonyl (C=O) groups excluding carboxylic acids is 1. The highest BCUT2D eigenvalue weighted by atomic mass is 19.4. The third kappa shape index (κ3) is 4.37. The standard InChI is InChI=1S/C31H26F3N3O2/c32-31(33,34)25-2-1-3-26-28(25)37(18-19-12-14-36(17-19)30(38)22-8-9-22)29(35-26)21-6-4-20(5-7-21)23-10-11-27-24(16-23)13-15-39-27/h1-7,10-11,13,15-16,19,22H,8-9,12,14,17-18H2/t19-/m0/s1. The van der Waals surface area contributed by atoms with Crippen molar-refractivity contribution in [3.63, 3.8) is 0 Å². The zero-order chi connectivity index (χ0) is 26.7. The number of hydrogen-bond acceptors (Lipinski definition) is 3. The van der Waals surface area contributed by atoms with E-state index in [1.54, 1.807) is 16.9 Å². The van der Waals surface area contributed by atoms with Gasteiger partial charge in [0.05, 0.1) is 22.9 Å². The van der Waals surface area contributed by atoms with Gasteiger partial charge in [-0.1, -0.05) is 36.4 Å². The molecule has 39 heavy (non-hydrogen) atoms. The van der Waals surface area contributed by atoms with E-state index >= 15 is 0 Å². The van der Waals surface area contributed by atoms with E-state index in [2.05, 4.69) is 0 Å². The first-order valence-electron chi connectivity index (χ1n) is 13.3. The summed E-state index contributed by atoms with van der Waals surface area (Å²) in [6.07, 6.45) is -0.202. The number of amides is 1. The lowest BCUT2D eigenvalue weighted by atomic mass is 10.0. The van der Waals surface area contributed by atoms with Gasteiger partial charge in [-0.15, -0.1) is 0 Å². The van der Waals surface area contributed by atoms with Gasteiger partial charge in [0, 0.05) is 36.5 Å². The first-order valence-corrected chi connectivity index (χ1v) is 13.3. The second-order valence-corrected chi connectivity index (χ2v) is 10.7. The molecule has 0 spiro atoms. The van der Waals surface area contributed by atoms with Crippen molar-refractivity contribution < 1.29 is 22.4 Å². The predicted molar refractivity (Wildman–Crippen MR) is 143 cm³/mol. The number of halogens is 3. The lowest BCUT2D eigenvalue weighted by Crippen LogP contribution is -2.30. The van der Waals surface area contributed by atoms with E-state index in [4.69, 9.17) is 9.40 Å². The number of rotatable bonds is 5. The van der Waals surface area contributed by atoms with Crippen molar-refractivity contribution in [2.45, 2.75) is 32.0 Å². The van der Waals surface area contributed by atoms with Crippen molar-refractivity contribution >= 4 is 27.9 Å². The monoisotopic (exact) mass is 529 g/mol. The summed E-state index contributed by atoms with van der Waals surface area (Å²) >= 11 is 0. The predicted octanol–water partition coefficient (Wildman–Crippen LogP) is 7.39. The van der Waals surface area contributed by atoms with Crippen LogP contribution in [0.1, 0.15) is 24.8 Å². The molecule has 3 aromatic carbocycles. The van der Waals surface area contributed by atoms with Gasteiger partial charge in [0.2, 0.25) is 5.91 Å². The van der Waals surface area contributed by atoms with E-state index in [0.29, 0.717) is 31.0 Å². The average molecular weight is 530 g/mol. The molecule has 0 N–H and O–H groups in total. The number of carbonyl (C=O) groups is 1. The number of alkyl halides is 3. The summed E-state index contributed by atoms with van der Waals surface area (Å²) in [6, 6.07) is 19.8. The van der Waals surface area contributed by atoms with Crippen LogP contribution in [0.3, 0.4) is 0 Å². The van der Waals surface area contributed by atoms with Crippen LogP contribution in [0, 0.1) is 11.8 Å². The van der Waals surface area contributed by atoms with Gasteiger partial charge in [0.15, 0.2) is 0 Å². The third-order valence-electron chi connectivity index (χ3n) is 7.97. The van der Waals surface area contributed by atoms with Crippen LogP contribution < -0.4 is 0 Å². The maximum Gasteiger partial charge on any atom is 0.418 e. The molecule has 8 heteroatoms. The molecule has 1 aliphatic heterocycles. The van der Waals surface area contributed by atoms with Crippen LogP contribution >= 0.6 is 0 Å². The summed E-state index contributed by atoms with van der Waals surface area (Å²) in [7, 11) is 0. The van der Waals surface area contributed by atoms with E-state index in [1.807, 2.05) is 53.4 Å². The average Bonchev–Trinajstić information content (AvgIpc) is 3.32. The van der Waals surface area contributed by atoms with E-state index in [0.717, 1.165) is 53.0 Å². The lowest BCUT2D eigenvalue weighted by molar-refractivity contribution is -0.136. The van der Waals surface area contributed by atoms with Crippen LogP contribution in [0.25, 0.3) is 44.5 Å². The minimum atomic E-state index is -4.51. The molecule has 1 aliphatic carbocycles. The van der Waals surface area contributed by atoms with Gasteiger partial charge < -0.3 is 13.9 Å². The van der Waals surface area contributed by atoms with Gasteiger partial charge in [0.1, 0.15) is 11.4 Å². The maximum atomic E-state index is 14.1. The highest BCUT2D eigenvalue weighted by Gasteiger charge is 2.38. The molecule has 1 atom stereocenters. The fraction of sp³-hybridized carbons (Fsp3) is 0.290. The van der Waals surface area contributed by atoms with Crippen molar-refractivity contribution in [3.8, 4) is 22.5 Å². The first-order chi connectivity index (χ1) is 18.8. The molecule has 7 rings (SSSR count). The van der Waals surface area contributed by atoms with Gasteiger partial charge >= 0.3 is 6.18 Å². The normalized spacial score (nSPS) is 17.9. The molecule has 3 heterocycles. The Kier molecular flexibility index (Phi) is 5.54. The Morgan fingerprint density at radius 3 is 2.49 bits per heavy atom. The number of nitrogens with zero attached hydrogens (tertiary/aromatic N) is 3. The van der Waals surface area contributed by atoms with Crippen molar-refractivity contribution in [2.24, 2.45) is 11.8 Å². The van der Waals surface area contributed by atoms with Gasteiger partial charge in [0.25, 0.3) is 0 Å². The fourth-order valence-electron chi connectivity index (χ4n) is 5.80. The molecule has 198 valence electrons. The van der Waals surface area contributed by atoms with Gasteiger partial charge in [-0.3, -0.25) is 4.79 Å². The Morgan fingerprint density at radius 1 is 0.949 bits per heavy atom. The highest BCUT2D eigenvalue weighted by molar-refractivity contribution is 5.86. The minimum absolute atomic E-state index is 0.0612. The molecule has 5 aromatic rings. The summed E-state index contributed by atoms with van der Waals surface area (Å²) in [5.74, 6) is 0.892. The minimum Gasteiger partial charge on any atom is -0.464 e. The van der Waals surface area contributed by atoms with E-state index in [1.165, 1.54) is 6.07 Å². The van der Waals surface area contributed by atoms with Gasteiger partial charge in [-0.2, -0.15) is 13.2 Å².